The van der Waals surface area contributed by atoms with E-state index in [1.54, 1.807) is 47.7 Å². The van der Waals surface area contributed by atoms with E-state index < -0.39 is 9.84 Å². The van der Waals surface area contributed by atoms with Crippen molar-refractivity contribution in [2.75, 3.05) is 11.4 Å². The molecule has 0 spiro atoms. The van der Waals surface area contributed by atoms with Crippen molar-refractivity contribution in [3.8, 4) is 0 Å². The van der Waals surface area contributed by atoms with Gasteiger partial charge in [-0.15, -0.1) is 11.3 Å². The summed E-state index contributed by atoms with van der Waals surface area (Å²) in [5.74, 6) is 0. The van der Waals surface area contributed by atoms with Gasteiger partial charge >= 0.3 is 0 Å². The van der Waals surface area contributed by atoms with Gasteiger partial charge in [0.15, 0.2) is 0 Å². The van der Waals surface area contributed by atoms with Crippen LogP contribution in [0.4, 0.5) is 10.7 Å². The summed E-state index contributed by atoms with van der Waals surface area (Å²) >= 11 is 1.62. The number of rotatable bonds is 4. The van der Waals surface area contributed by atoms with Gasteiger partial charge in [0.2, 0.25) is 9.84 Å². The highest BCUT2D eigenvalue weighted by Gasteiger charge is 2.18. The molecule has 2 heterocycles. The third-order valence-electron chi connectivity index (χ3n) is 4.14. The average Bonchev–Trinajstić information content (AvgIpc) is 3.13. The summed E-state index contributed by atoms with van der Waals surface area (Å²) in [6.07, 6.45) is 1.91. The van der Waals surface area contributed by atoms with Crippen molar-refractivity contribution in [1.82, 2.24) is 0 Å². The van der Waals surface area contributed by atoms with Crippen molar-refractivity contribution in [3.63, 3.8) is 0 Å². The van der Waals surface area contributed by atoms with E-state index in [-0.39, 0.29) is 0 Å². The number of fused-ring (bicyclic) bond motifs is 1. The van der Waals surface area contributed by atoms with E-state index in [0.29, 0.717) is 9.79 Å². The standard InChI is InChI=1S/C19H16N2O2S2/c22-25(23,16-4-2-1-3-5-16)17-8-6-15(7-9-17)14-21-12-11-20-19-18(21)10-13-24-19/h1-11,13H,12,14H2. The van der Waals surface area contributed by atoms with Gasteiger partial charge in [0, 0.05) is 12.8 Å². The van der Waals surface area contributed by atoms with Gasteiger partial charge in [-0.2, -0.15) is 0 Å². The highest BCUT2D eigenvalue weighted by atomic mass is 32.2. The second kappa shape index (κ2) is 6.46. The molecule has 0 atom stereocenters. The molecule has 126 valence electrons. The normalized spacial score (nSPS) is 13.7. The van der Waals surface area contributed by atoms with Gasteiger partial charge in [0.1, 0.15) is 5.00 Å². The van der Waals surface area contributed by atoms with E-state index in [4.69, 9.17) is 0 Å². The summed E-state index contributed by atoms with van der Waals surface area (Å²) in [5.41, 5.74) is 2.20. The SMILES string of the molecule is O=S(=O)(c1ccccc1)c1ccc(CN2CC=Nc3sccc32)cc1. The Kier molecular flexibility index (Phi) is 4.15. The smallest absolute Gasteiger partial charge is 0.206 e. The Bertz CT molecular complexity index is 1010. The van der Waals surface area contributed by atoms with Crippen LogP contribution in [0, 0.1) is 0 Å². The molecular formula is C19H16N2O2S2. The monoisotopic (exact) mass is 368 g/mol. The van der Waals surface area contributed by atoms with E-state index in [1.807, 2.05) is 29.8 Å². The Hall–Kier alpha value is -2.44. The molecule has 1 aromatic heterocycles. The number of thiophene rings is 1. The molecule has 0 unspecified atom stereocenters. The van der Waals surface area contributed by atoms with E-state index in [9.17, 15) is 8.42 Å². The lowest BCUT2D eigenvalue weighted by Gasteiger charge is -2.25. The Morgan fingerprint density at radius 1 is 0.960 bits per heavy atom. The van der Waals surface area contributed by atoms with Crippen LogP contribution in [0.15, 0.2) is 80.8 Å². The first-order chi connectivity index (χ1) is 12.1. The molecule has 4 nitrogen and oxygen atoms in total. The number of benzene rings is 2. The van der Waals surface area contributed by atoms with Crippen molar-refractivity contribution in [2.45, 2.75) is 16.3 Å². The quantitative estimate of drug-likeness (QED) is 0.690. The van der Waals surface area contributed by atoms with Crippen LogP contribution in [0.5, 0.6) is 0 Å². The summed E-state index contributed by atoms with van der Waals surface area (Å²) in [6, 6.07) is 17.7. The first-order valence-electron chi connectivity index (χ1n) is 7.89. The van der Waals surface area contributed by atoms with Gasteiger partial charge in [0.25, 0.3) is 0 Å². The van der Waals surface area contributed by atoms with Gasteiger partial charge < -0.3 is 4.90 Å². The largest absolute Gasteiger partial charge is 0.359 e. The fourth-order valence-corrected chi connectivity index (χ4v) is 4.89. The van der Waals surface area contributed by atoms with Crippen LogP contribution in [0.3, 0.4) is 0 Å². The predicted octanol–water partition coefficient (Wildman–Crippen LogP) is 4.30. The molecule has 0 aliphatic carbocycles. The lowest BCUT2D eigenvalue weighted by atomic mass is 10.2. The van der Waals surface area contributed by atoms with Gasteiger partial charge in [-0.05, 0) is 41.3 Å². The summed E-state index contributed by atoms with van der Waals surface area (Å²) in [4.78, 5) is 7.27. The molecule has 25 heavy (non-hydrogen) atoms. The van der Waals surface area contributed by atoms with Crippen molar-refractivity contribution < 1.29 is 8.42 Å². The summed E-state index contributed by atoms with van der Waals surface area (Å²) in [6.45, 7) is 1.48. The zero-order valence-corrected chi connectivity index (χ0v) is 15.0. The van der Waals surface area contributed by atoms with Crippen LogP contribution < -0.4 is 4.90 Å². The molecule has 0 amide bonds. The van der Waals surface area contributed by atoms with E-state index in [2.05, 4.69) is 16.0 Å². The number of nitrogens with zero attached hydrogens (tertiary/aromatic N) is 2. The first-order valence-corrected chi connectivity index (χ1v) is 10.2. The Morgan fingerprint density at radius 2 is 1.68 bits per heavy atom. The van der Waals surface area contributed by atoms with Crippen molar-refractivity contribution in [1.29, 1.82) is 0 Å². The van der Waals surface area contributed by atoms with Gasteiger partial charge in [0.05, 0.1) is 22.0 Å². The molecule has 0 saturated carbocycles. The van der Waals surface area contributed by atoms with Crippen LogP contribution in [0.25, 0.3) is 0 Å². The van der Waals surface area contributed by atoms with Gasteiger partial charge in [-0.3, -0.25) is 0 Å². The first kappa shape index (κ1) is 16.1. The van der Waals surface area contributed by atoms with Crippen molar-refractivity contribution in [2.24, 2.45) is 4.99 Å². The molecule has 0 fully saturated rings. The van der Waals surface area contributed by atoms with Crippen LogP contribution in [-0.2, 0) is 16.4 Å². The third-order valence-corrected chi connectivity index (χ3v) is 6.73. The second-order valence-corrected chi connectivity index (χ2v) is 8.61. The van der Waals surface area contributed by atoms with Gasteiger partial charge in [-0.1, -0.05) is 30.3 Å². The Balaban J connectivity index is 1.56. The van der Waals surface area contributed by atoms with E-state index in [1.165, 1.54) is 0 Å². The zero-order valence-electron chi connectivity index (χ0n) is 13.4. The molecule has 1 aliphatic heterocycles. The summed E-state index contributed by atoms with van der Waals surface area (Å²) in [7, 11) is -3.46. The number of aliphatic imine (C=N–C) groups is 1. The van der Waals surface area contributed by atoms with Gasteiger partial charge in [-0.25, -0.2) is 13.4 Å². The molecule has 1 aliphatic rings. The molecule has 6 heteroatoms. The van der Waals surface area contributed by atoms with Crippen LogP contribution >= 0.6 is 11.3 Å². The molecule has 4 rings (SSSR count). The van der Waals surface area contributed by atoms with E-state index >= 15 is 0 Å². The fraction of sp³-hybridized carbons (Fsp3) is 0.105. The third kappa shape index (κ3) is 3.10. The number of sulfone groups is 1. The van der Waals surface area contributed by atoms with Crippen LogP contribution in [0.2, 0.25) is 0 Å². The highest BCUT2D eigenvalue weighted by molar-refractivity contribution is 7.91. The van der Waals surface area contributed by atoms with Crippen LogP contribution in [-0.4, -0.2) is 21.2 Å². The number of anilines is 1. The topological polar surface area (TPSA) is 49.7 Å². The lowest BCUT2D eigenvalue weighted by molar-refractivity contribution is 0.596. The molecule has 3 aromatic rings. The predicted molar refractivity (Wildman–Crippen MR) is 102 cm³/mol. The summed E-state index contributed by atoms with van der Waals surface area (Å²) in [5, 5.41) is 3.06. The number of hydrogen-bond donors (Lipinski definition) is 0. The van der Waals surface area contributed by atoms with Crippen molar-refractivity contribution >= 4 is 38.1 Å². The maximum Gasteiger partial charge on any atom is 0.206 e. The average molecular weight is 368 g/mol. The number of hydrogen-bond acceptors (Lipinski definition) is 5. The van der Waals surface area contributed by atoms with E-state index in [0.717, 1.165) is 29.3 Å². The minimum absolute atomic E-state index is 0.318. The molecule has 0 saturated heterocycles. The van der Waals surface area contributed by atoms with Crippen molar-refractivity contribution in [3.05, 3.63) is 71.6 Å². The molecule has 2 aromatic carbocycles. The molecule has 0 radical (unpaired) electrons. The maximum atomic E-state index is 12.6. The molecule has 0 N–H and O–H groups in total. The highest BCUT2D eigenvalue weighted by Crippen LogP contribution is 2.37. The van der Waals surface area contributed by atoms with Crippen LogP contribution in [0.1, 0.15) is 5.56 Å². The Morgan fingerprint density at radius 3 is 2.44 bits per heavy atom. The summed E-state index contributed by atoms with van der Waals surface area (Å²) < 4.78 is 25.3. The maximum absolute atomic E-state index is 12.6. The minimum Gasteiger partial charge on any atom is -0.359 e. The second-order valence-electron chi connectivity index (χ2n) is 5.76. The molecular weight excluding hydrogens is 352 g/mol. The minimum atomic E-state index is -3.46. The Labute approximate surface area is 151 Å². The fourth-order valence-electron chi connectivity index (χ4n) is 2.83. The zero-order chi connectivity index (χ0) is 17.3. The lowest BCUT2D eigenvalue weighted by Crippen LogP contribution is -2.26. The molecule has 0 bridgehead atoms.